The summed E-state index contributed by atoms with van der Waals surface area (Å²) in [6, 6.07) is 0. The molecule has 172 valence electrons. The van der Waals surface area contributed by atoms with Crippen LogP contribution in [-0.2, 0) is 9.59 Å². The van der Waals surface area contributed by atoms with Gasteiger partial charge in [0.1, 0.15) is 6.29 Å². The Kier molecular flexibility index (Phi) is 4.36. The van der Waals surface area contributed by atoms with Gasteiger partial charge in [0, 0.05) is 16.4 Å². The summed E-state index contributed by atoms with van der Waals surface area (Å²) in [6.45, 7) is 13.8. The minimum absolute atomic E-state index is 0.0222. The first-order chi connectivity index (χ1) is 14.8. The van der Waals surface area contributed by atoms with Gasteiger partial charge in [0.25, 0.3) is 0 Å². The van der Waals surface area contributed by atoms with Crippen LogP contribution in [0.4, 0.5) is 0 Å². The molecule has 0 aliphatic heterocycles. The summed E-state index contributed by atoms with van der Waals surface area (Å²) in [5, 5.41) is 10.3. The highest BCUT2D eigenvalue weighted by Gasteiger charge is 2.66. The lowest BCUT2D eigenvalue weighted by Crippen LogP contribution is -2.61. The van der Waals surface area contributed by atoms with Gasteiger partial charge >= 0.3 is 0 Å². The van der Waals surface area contributed by atoms with Crippen molar-refractivity contribution < 1.29 is 14.7 Å². The predicted molar refractivity (Wildman–Crippen MR) is 127 cm³/mol. The van der Waals surface area contributed by atoms with E-state index in [1.165, 1.54) is 18.3 Å². The zero-order chi connectivity index (χ0) is 23.3. The van der Waals surface area contributed by atoms with Crippen molar-refractivity contribution in [2.24, 2.45) is 33.0 Å². The maximum Gasteiger partial charge on any atom is 0.220 e. The molecule has 6 atom stereocenters. The topological polar surface area (TPSA) is 54.4 Å². The third-order valence-electron chi connectivity index (χ3n) is 11.2. The van der Waals surface area contributed by atoms with Gasteiger partial charge in [0.15, 0.2) is 5.76 Å². The van der Waals surface area contributed by atoms with Crippen LogP contribution in [0.25, 0.3) is 0 Å². The lowest BCUT2D eigenvalue weighted by Gasteiger charge is -2.70. The summed E-state index contributed by atoms with van der Waals surface area (Å²) in [5.74, 6) is 0.137. The van der Waals surface area contributed by atoms with Crippen LogP contribution in [0.5, 0.6) is 0 Å². The largest absolute Gasteiger partial charge is 0.504 e. The number of aldehydes is 1. The first-order valence-electron chi connectivity index (χ1n) is 12.4. The number of fused-ring (bicyclic) bond motifs is 7. The van der Waals surface area contributed by atoms with Crippen LogP contribution in [0.3, 0.4) is 0 Å². The summed E-state index contributed by atoms with van der Waals surface area (Å²) in [6.07, 6.45) is 15.0. The monoisotopic (exact) mass is 434 g/mol. The second-order valence-corrected chi connectivity index (χ2v) is 12.8. The zero-order valence-corrected chi connectivity index (χ0v) is 20.6. The average Bonchev–Trinajstić information content (AvgIpc) is 2.76. The van der Waals surface area contributed by atoms with Crippen molar-refractivity contribution in [2.75, 3.05) is 0 Å². The molecule has 0 bridgehead atoms. The lowest BCUT2D eigenvalue weighted by atomic mass is 9.34. The van der Waals surface area contributed by atoms with Crippen LogP contribution >= 0.6 is 0 Å². The number of hydrogen-bond donors (Lipinski definition) is 1. The fraction of sp³-hybridized carbons (Fsp3) is 0.655. The molecule has 0 aromatic rings. The van der Waals surface area contributed by atoms with Crippen LogP contribution < -0.4 is 0 Å². The molecule has 3 nitrogen and oxygen atoms in total. The van der Waals surface area contributed by atoms with Crippen LogP contribution in [0, 0.1) is 33.0 Å². The van der Waals surface area contributed by atoms with Gasteiger partial charge < -0.3 is 9.90 Å². The van der Waals surface area contributed by atoms with Gasteiger partial charge in [-0.1, -0.05) is 52.3 Å². The van der Waals surface area contributed by atoms with E-state index in [0.29, 0.717) is 16.9 Å². The van der Waals surface area contributed by atoms with Gasteiger partial charge in [-0.3, -0.25) is 4.79 Å². The molecule has 0 aromatic heterocycles. The number of allylic oxidation sites excluding steroid dienone is 7. The van der Waals surface area contributed by atoms with Crippen molar-refractivity contribution in [1.29, 1.82) is 0 Å². The normalized spacial score (nSPS) is 47.9. The Hall–Kier alpha value is -1.90. The number of carbonyl (C=O) groups excluding carboxylic acids is 2. The van der Waals surface area contributed by atoms with Gasteiger partial charge in [-0.15, -0.1) is 0 Å². The number of aliphatic hydroxyl groups excluding tert-OH is 1. The fourth-order valence-electron chi connectivity index (χ4n) is 8.59. The quantitative estimate of drug-likeness (QED) is 0.461. The molecule has 3 fully saturated rings. The molecule has 1 N–H and O–H groups in total. The molecule has 0 heterocycles. The van der Waals surface area contributed by atoms with E-state index in [0.717, 1.165) is 49.7 Å². The van der Waals surface area contributed by atoms with E-state index in [4.69, 9.17) is 0 Å². The molecule has 3 heteroatoms. The Bertz CT molecular complexity index is 1060. The molecule has 0 radical (unpaired) electrons. The van der Waals surface area contributed by atoms with E-state index in [2.05, 4.69) is 46.8 Å². The van der Waals surface area contributed by atoms with Crippen molar-refractivity contribution in [3.8, 4) is 0 Å². The van der Waals surface area contributed by atoms with E-state index >= 15 is 0 Å². The van der Waals surface area contributed by atoms with Crippen LogP contribution in [0.15, 0.2) is 46.3 Å². The average molecular weight is 435 g/mol. The summed E-state index contributed by atoms with van der Waals surface area (Å²) in [4.78, 5) is 24.6. The molecular formula is C29H38O3. The number of carbonyl (C=O) groups is 2. The Morgan fingerprint density at radius 2 is 1.66 bits per heavy atom. The standard InChI is InChI=1S/C29H38O3/c1-18-19-7-8-22-27(4,20(19)15-21(31)24(18)32)12-14-29(6)23-16-25(2,17-30)9-10-26(23,3)11-13-28(22,29)5/h7-8,15,17,23,32H,9-14,16H2,1-6H3/t23-,25-,26-,27+,28-,29+/m1/s1. The summed E-state index contributed by atoms with van der Waals surface area (Å²) >= 11 is 0. The molecule has 32 heavy (non-hydrogen) atoms. The van der Waals surface area contributed by atoms with Gasteiger partial charge in [-0.25, -0.2) is 0 Å². The Morgan fingerprint density at radius 3 is 2.34 bits per heavy atom. The molecule has 0 saturated heterocycles. The van der Waals surface area contributed by atoms with E-state index in [1.54, 1.807) is 6.08 Å². The van der Waals surface area contributed by atoms with Gasteiger partial charge in [0.2, 0.25) is 5.78 Å². The molecule has 5 rings (SSSR count). The van der Waals surface area contributed by atoms with E-state index < -0.39 is 0 Å². The first kappa shape index (κ1) is 21.9. The maximum atomic E-state index is 12.6. The minimum Gasteiger partial charge on any atom is -0.504 e. The zero-order valence-electron chi connectivity index (χ0n) is 20.6. The Balaban J connectivity index is 1.65. The predicted octanol–water partition coefficient (Wildman–Crippen LogP) is 6.81. The highest BCUT2D eigenvalue weighted by molar-refractivity contribution is 6.06. The molecule has 5 aliphatic carbocycles. The van der Waals surface area contributed by atoms with Gasteiger partial charge in [0.05, 0.1) is 0 Å². The number of rotatable bonds is 1. The number of hydrogen-bond acceptors (Lipinski definition) is 3. The number of ketones is 1. The second kappa shape index (κ2) is 6.36. The van der Waals surface area contributed by atoms with E-state index in [1.807, 2.05) is 6.92 Å². The minimum atomic E-state index is -0.263. The van der Waals surface area contributed by atoms with Crippen molar-refractivity contribution in [1.82, 2.24) is 0 Å². The molecule has 3 saturated carbocycles. The molecule has 0 unspecified atom stereocenters. The first-order valence-corrected chi connectivity index (χ1v) is 12.4. The Labute approximate surface area is 192 Å². The van der Waals surface area contributed by atoms with Crippen LogP contribution in [-0.4, -0.2) is 17.2 Å². The summed E-state index contributed by atoms with van der Waals surface area (Å²) < 4.78 is 0. The Morgan fingerprint density at radius 1 is 0.969 bits per heavy atom. The molecule has 0 amide bonds. The highest BCUT2D eigenvalue weighted by Crippen LogP contribution is 2.75. The van der Waals surface area contributed by atoms with Gasteiger partial charge in [-0.05, 0) is 91.3 Å². The second-order valence-electron chi connectivity index (χ2n) is 12.8. The summed E-state index contributed by atoms with van der Waals surface area (Å²) in [7, 11) is 0. The van der Waals surface area contributed by atoms with Crippen molar-refractivity contribution in [3.05, 3.63) is 46.3 Å². The lowest BCUT2D eigenvalue weighted by molar-refractivity contribution is -0.163. The van der Waals surface area contributed by atoms with Crippen molar-refractivity contribution in [3.63, 3.8) is 0 Å². The maximum absolute atomic E-state index is 12.6. The molecule has 5 aliphatic rings. The van der Waals surface area contributed by atoms with Gasteiger partial charge in [-0.2, -0.15) is 0 Å². The third-order valence-corrected chi connectivity index (χ3v) is 11.2. The summed E-state index contributed by atoms with van der Waals surface area (Å²) in [5.41, 5.74) is 4.31. The molecular weight excluding hydrogens is 396 g/mol. The third kappa shape index (κ3) is 2.49. The highest BCUT2D eigenvalue weighted by atomic mass is 16.3. The SMILES string of the molecule is CC1=C(O)C(=O)C=C2C1=CC=C1[C@@]2(C)CC[C@@]2(C)[C@@H]3C[C@](C)(C=O)CC[C@]3(C)CC[C@]12C. The van der Waals surface area contributed by atoms with Crippen molar-refractivity contribution in [2.45, 2.75) is 86.5 Å². The van der Waals surface area contributed by atoms with E-state index in [-0.39, 0.29) is 33.2 Å². The van der Waals surface area contributed by atoms with Crippen LogP contribution in [0.1, 0.15) is 86.5 Å². The van der Waals surface area contributed by atoms with Crippen LogP contribution in [0.2, 0.25) is 0 Å². The molecule has 0 aromatic carbocycles. The van der Waals surface area contributed by atoms with E-state index in [9.17, 15) is 14.7 Å². The number of aliphatic hydroxyl groups is 1. The molecule has 0 spiro atoms. The smallest absolute Gasteiger partial charge is 0.220 e. The van der Waals surface area contributed by atoms with Crippen molar-refractivity contribution >= 4 is 12.1 Å². The fourth-order valence-corrected chi connectivity index (χ4v) is 8.59.